The molecule has 0 amide bonds. The van der Waals surface area contributed by atoms with Crippen molar-refractivity contribution in [2.24, 2.45) is 0 Å². The first-order valence-electron chi connectivity index (χ1n) is 4.24. The number of carbonyl (C=O) groups is 1. The highest BCUT2D eigenvalue weighted by atomic mass is 35.5. The number of rotatable bonds is 2. The third-order valence-electron chi connectivity index (χ3n) is 1.88. The average Bonchev–Trinajstić information content (AvgIpc) is 2.06. The van der Waals surface area contributed by atoms with Gasteiger partial charge in [0.2, 0.25) is 0 Å². The quantitative estimate of drug-likeness (QED) is 0.491. The Kier molecular flexibility index (Phi) is 3.60. The van der Waals surface area contributed by atoms with Gasteiger partial charge in [-0.05, 0) is 26.2 Å². The first-order valence-corrected chi connectivity index (χ1v) is 4.68. The van der Waals surface area contributed by atoms with E-state index in [1.54, 1.807) is 0 Å². The van der Waals surface area contributed by atoms with Gasteiger partial charge < -0.3 is 4.74 Å². The number of esters is 1. The molecule has 0 saturated heterocycles. The molecule has 0 aromatic carbocycles. The summed E-state index contributed by atoms with van der Waals surface area (Å²) in [5.41, 5.74) is 0.786. The molecule has 0 saturated carbocycles. The molecule has 1 rings (SSSR count). The van der Waals surface area contributed by atoms with Crippen LogP contribution in [0, 0.1) is 0 Å². The Morgan fingerprint density at radius 3 is 3.08 bits per heavy atom. The molecule has 0 bridgehead atoms. The molecule has 68 valence electrons. The van der Waals surface area contributed by atoms with E-state index in [1.165, 1.54) is 0 Å². The van der Waals surface area contributed by atoms with Crippen LogP contribution < -0.4 is 0 Å². The number of carbonyl (C=O) groups excluding carboxylic acids is 1. The van der Waals surface area contributed by atoms with Gasteiger partial charge in [-0.25, -0.2) is 4.79 Å². The lowest BCUT2D eigenvalue weighted by Crippen LogP contribution is -2.13. The number of allylic oxidation sites excluding steroid dienone is 1. The van der Waals surface area contributed by atoms with Gasteiger partial charge in [0.1, 0.15) is 0 Å². The fourth-order valence-corrected chi connectivity index (χ4v) is 1.41. The van der Waals surface area contributed by atoms with Crippen LogP contribution in [0.4, 0.5) is 0 Å². The third kappa shape index (κ3) is 2.52. The molecule has 0 fully saturated rings. The minimum absolute atomic E-state index is 0.180. The minimum Gasteiger partial charge on any atom is -0.463 e. The Labute approximate surface area is 77.5 Å². The van der Waals surface area contributed by atoms with Crippen molar-refractivity contribution >= 4 is 17.6 Å². The van der Waals surface area contributed by atoms with Crippen LogP contribution in [0.25, 0.3) is 0 Å². The molecule has 0 aliphatic heterocycles. The molecule has 2 nitrogen and oxygen atoms in total. The Balaban J connectivity index is 2.47. The molecule has 1 aliphatic carbocycles. The summed E-state index contributed by atoms with van der Waals surface area (Å²) in [6.45, 7) is 2.26. The maximum absolute atomic E-state index is 11.2. The van der Waals surface area contributed by atoms with Gasteiger partial charge in [0.15, 0.2) is 0 Å². The lowest BCUT2D eigenvalue weighted by atomic mass is 9.99. The number of halogens is 1. The molecular weight excluding hydrogens is 176 g/mol. The molecule has 0 aromatic heterocycles. The van der Waals surface area contributed by atoms with Crippen molar-refractivity contribution in [2.45, 2.75) is 31.6 Å². The molecule has 0 N–H and O–H groups in total. The van der Waals surface area contributed by atoms with Gasteiger partial charge in [-0.1, -0.05) is 6.08 Å². The molecule has 1 aliphatic rings. The normalized spacial score (nSPS) is 23.2. The fraction of sp³-hybridized carbons (Fsp3) is 0.667. The highest BCUT2D eigenvalue weighted by Crippen LogP contribution is 2.22. The maximum Gasteiger partial charge on any atom is 0.333 e. The maximum atomic E-state index is 11.2. The zero-order valence-electron chi connectivity index (χ0n) is 7.18. The molecule has 3 heteroatoms. The topological polar surface area (TPSA) is 26.3 Å². The zero-order chi connectivity index (χ0) is 8.97. The van der Waals surface area contributed by atoms with Crippen molar-refractivity contribution < 1.29 is 9.53 Å². The molecule has 1 unspecified atom stereocenters. The summed E-state index contributed by atoms with van der Waals surface area (Å²) in [4.78, 5) is 11.2. The van der Waals surface area contributed by atoms with Gasteiger partial charge >= 0.3 is 5.97 Å². The Morgan fingerprint density at radius 2 is 2.58 bits per heavy atom. The standard InChI is InChI=1S/C9H13ClO2/c1-2-12-9(11)7-3-5-8(10)6-4-7/h3,8H,2,4-6H2,1H3. The largest absolute Gasteiger partial charge is 0.463 e. The highest BCUT2D eigenvalue weighted by molar-refractivity contribution is 6.20. The third-order valence-corrected chi connectivity index (χ3v) is 2.28. The molecule has 0 aromatic rings. The van der Waals surface area contributed by atoms with Gasteiger partial charge in [-0.3, -0.25) is 0 Å². The van der Waals surface area contributed by atoms with Crippen LogP contribution in [0.3, 0.4) is 0 Å². The summed E-state index contributed by atoms with van der Waals surface area (Å²) < 4.78 is 4.87. The summed E-state index contributed by atoms with van der Waals surface area (Å²) >= 11 is 5.87. The van der Waals surface area contributed by atoms with Crippen LogP contribution in [0.5, 0.6) is 0 Å². The van der Waals surface area contributed by atoms with Crippen molar-refractivity contribution in [1.29, 1.82) is 0 Å². The van der Waals surface area contributed by atoms with Gasteiger partial charge in [0.05, 0.1) is 6.61 Å². The Hall–Kier alpha value is -0.500. The fourth-order valence-electron chi connectivity index (χ4n) is 1.21. The summed E-state index contributed by atoms with van der Waals surface area (Å²) in [6.07, 6.45) is 4.31. The van der Waals surface area contributed by atoms with Crippen molar-refractivity contribution in [1.82, 2.24) is 0 Å². The van der Waals surface area contributed by atoms with Crippen LogP contribution >= 0.6 is 11.6 Å². The van der Waals surface area contributed by atoms with Crippen LogP contribution in [0.2, 0.25) is 0 Å². The van der Waals surface area contributed by atoms with E-state index in [0.29, 0.717) is 6.61 Å². The van der Waals surface area contributed by atoms with E-state index in [2.05, 4.69) is 0 Å². The second-order valence-electron chi connectivity index (χ2n) is 2.82. The second-order valence-corrected chi connectivity index (χ2v) is 3.44. The lowest BCUT2D eigenvalue weighted by Gasteiger charge is -2.15. The van der Waals surface area contributed by atoms with Gasteiger partial charge in [-0.2, -0.15) is 0 Å². The average molecular weight is 189 g/mol. The van der Waals surface area contributed by atoms with E-state index in [-0.39, 0.29) is 11.3 Å². The summed E-state index contributed by atoms with van der Waals surface area (Å²) in [7, 11) is 0. The van der Waals surface area contributed by atoms with Gasteiger partial charge in [-0.15, -0.1) is 11.6 Å². The number of alkyl halides is 1. The van der Waals surface area contributed by atoms with Crippen molar-refractivity contribution in [3.63, 3.8) is 0 Å². The molecule has 0 heterocycles. The van der Waals surface area contributed by atoms with E-state index >= 15 is 0 Å². The van der Waals surface area contributed by atoms with Crippen LogP contribution in [0.15, 0.2) is 11.6 Å². The van der Waals surface area contributed by atoms with Gasteiger partial charge in [0.25, 0.3) is 0 Å². The van der Waals surface area contributed by atoms with E-state index in [9.17, 15) is 4.79 Å². The first-order chi connectivity index (χ1) is 5.74. The molecule has 1 atom stereocenters. The summed E-state index contributed by atoms with van der Waals surface area (Å²) in [5.74, 6) is -0.180. The monoisotopic (exact) mass is 188 g/mol. The van der Waals surface area contributed by atoms with E-state index in [0.717, 1.165) is 24.8 Å². The van der Waals surface area contributed by atoms with Crippen molar-refractivity contribution in [3.05, 3.63) is 11.6 Å². The van der Waals surface area contributed by atoms with E-state index in [1.807, 2.05) is 13.0 Å². The first kappa shape index (κ1) is 9.59. The molecule has 0 spiro atoms. The second kappa shape index (κ2) is 4.51. The number of hydrogen-bond acceptors (Lipinski definition) is 2. The molecular formula is C9H13ClO2. The number of hydrogen-bond donors (Lipinski definition) is 0. The Morgan fingerprint density at radius 1 is 1.83 bits per heavy atom. The summed E-state index contributed by atoms with van der Waals surface area (Å²) in [6, 6.07) is 0. The van der Waals surface area contributed by atoms with Crippen molar-refractivity contribution in [2.75, 3.05) is 6.61 Å². The highest BCUT2D eigenvalue weighted by Gasteiger charge is 2.17. The molecule has 0 radical (unpaired) electrons. The van der Waals surface area contributed by atoms with Crippen molar-refractivity contribution in [3.8, 4) is 0 Å². The lowest BCUT2D eigenvalue weighted by molar-refractivity contribution is -0.138. The predicted octanol–water partition coefficient (Wildman–Crippen LogP) is 2.27. The van der Waals surface area contributed by atoms with E-state index < -0.39 is 0 Å². The molecule has 12 heavy (non-hydrogen) atoms. The predicted molar refractivity (Wildman–Crippen MR) is 48.2 cm³/mol. The Bertz CT molecular complexity index is 199. The smallest absolute Gasteiger partial charge is 0.333 e. The van der Waals surface area contributed by atoms with Crippen LogP contribution in [0.1, 0.15) is 26.2 Å². The van der Waals surface area contributed by atoms with Crippen LogP contribution in [-0.2, 0) is 9.53 Å². The minimum atomic E-state index is -0.180. The van der Waals surface area contributed by atoms with Gasteiger partial charge in [0, 0.05) is 11.0 Å². The summed E-state index contributed by atoms with van der Waals surface area (Å²) in [5, 5.41) is 0.197. The number of ether oxygens (including phenoxy) is 1. The zero-order valence-corrected chi connectivity index (χ0v) is 7.93. The SMILES string of the molecule is CCOC(=O)C1=CCC(Cl)CC1. The van der Waals surface area contributed by atoms with E-state index in [4.69, 9.17) is 16.3 Å². The van der Waals surface area contributed by atoms with Crippen LogP contribution in [-0.4, -0.2) is 18.0 Å².